The van der Waals surface area contributed by atoms with Gasteiger partial charge < -0.3 is 14.8 Å². The highest BCUT2D eigenvalue weighted by Gasteiger charge is 2.25. The lowest BCUT2D eigenvalue weighted by Gasteiger charge is -2.30. The van der Waals surface area contributed by atoms with E-state index >= 15 is 0 Å². The molecule has 0 aromatic rings. The van der Waals surface area contributed by atoms with Crippen molar-refractivity contribution in [3.8, 4) is 0 Å². The van der Waals surface area contributed by atoms with Crippen LogP contribution in [0.3, 0.4) is 0 Å². The van der Waals surface area contributed by atoms with Crippen LogP contribution in [0, 0.1) is 0 Å². The van der Waals surface area contributed by atoms with Gasteiger partial charge in [-0.15, -0.1) is 34.0 Å². The molecule has 2 atom stereocenters. The molecular weight excluding hydrogens is 752 g/mol. The molecule has 0 aromatic heterocycles. The summed E-state index contributed by atoms with van der Waals surface area (Å²) in [6, 6.07) is 0.00402. The van der Waals surface area contributed by atoms with Gasteiger partial charge in [-0.25, -0.2) is 0 Å². The molecule has 0 aliphatic carbocycles. The van der Waals surface area contributed by atoms with Crippen molar-refractivity contribution in [3.05, 3.63) is 24.3 Å². The molecule has 0 saturated heterocycles. The van der Waals surface area contributed by atoms with Crippen molar-refractivity contribution in [2.24, 2.45) is 0 Å². The summed E-state index contributed by atoms with van der Waals surface area (Å²) in [5.41, 5.74) is 5.65. The van der Waals surface area contributed by atoms with E-state index in [2.05, 4.69) is 56.0 Å². The number of aliphatic hydroxyl groups is 1. The molecule has 0 radical (unpaired) electrons. The van der Waals surface area contributed by atoms with Crippen molar-refractivity contribution in [2.75, 3.05) is 13.2 Å². The minimum Gasteiger partial charge on any atom is -0.390 e. The molecule has 0 fully saturated rings. The zero-order valence-electron chi connectivity index (χ0n) is 34.0. The van der Waals surface area contributed by atoms with Crippen molar-refractivity contribution in [1.82, 2.24) is 11.0 Å². The molecule has 0 heterocycles. The zero-order chi connectivity index (χ0) is 35.2. The molecule has 0 aliphatic heterocycles. The van der Waals surface area contributed by atoms with Gasteiger partial charge in [0, 0.05) is 6.04 Å². The molecule has 2 unspecified atom stereocenters. The molecule has 0 amide bonds. The highest BCUT2D eigenvalue weighted by atomic mass is 79.9. The fourth-order valence-electron chi connectivity index (χ4n) is 6.14. The molecule has 7 heteroatoms. The quantitative estimate of drug-likeness (QED) is 0.0327. The Morgan fingerprint density at radius 1 is 0.480 bits per heavy atom. The van der Waals surface area contributed by atoms with E-state index in [1.807, 2.05) is 13.8 Å². The highest BCUT2D eigenvalue weighted by molar-refractivity contribution is 8.93. The SMILES string of the molecule is Br.Br.CCCCCCCC/C=C\CCCCCCCCONC(C)C(CC(C)(C)O)NOCCCCCCCC/C=C\CCCCCCCC. The lowest BCUT2D eigenvalue weighted by molar-refractivity contribution is -0.0538. The third-order valence-corrected chi connectivity index (χ3v) is 9.34. The number of allylic oxidation sites excluding steroid dienone is 4. The maximum atomic E-state index is 10.4. The topological polar surface area (TPSA) is 62.8 Å². The first kappa shape index (κ1) is 54.6. The second-order valence-electron chi connectivity index (χ2n) is 15.2. The molecule has 0 rings (SSSR count). The number of unbranched alkanes of at least 4 members (excludes halogenated alkanes) is 24. The summed E-state index contributed by atoms with van der Waals surface area (Å²) in [5, 5.41) is 10.4. The van der Waals surface area contributed by atoms with Gasteiger partial charge in [0.1, 0.15) is 0 Å². The Morgan fingerprint density at radius 3 is 1.12 bits per heavy atom. The van der Waals surface area contributed by atoms with Gasteiger partial charge in [0.25, 0.3) is 0 Å². The average molecular weight is 841 g/mol. The van der Waals surface area contributed by atoms with Crippen molar-refractivity contribution < 1.29 is 14.8 Å². The van der Waals surface area contributed by atoms with E-state index in [4.69, 9.17) is 9.68 Å². The maximum absolute atomic E-state index is 10.4. The summed E-state index contributed by atoms with van der Waals surface area (Å²) in [6.07, 6.45) is 46.9. The third-order valence-electron chi connectivity index (χ3n) is 9.34. The van der Waals surface area contributed by atoms with E-state index in [1.165, 1.54) is 167 Å². The molecule has 0 aromatic carbocycles. The van der Waals surface area contributed by atoms with Crippen molar-refractivity contribution >= 4 is 34.0 Å². The third kappa shape index (κ3) is 44.4. The summed E-state index contributed by atoms with van der Waals surface area (Å²) in [5.74, 6) is 0. The normalized spacial score (nSPS) is 13.2. The van der Waals surface area contributed by atoms with Crippen LogP contribution in [0.15, 0.2) is 24.3 Å². The molecule has 302 valence electrons. The van der Waals surface area contributed by atoms with Gasteiger partial charge in [0.2, 0.25) is 0 Å². The predicted octanol–water partition coefficient (Wildman–Crippen LogP) is 14.2. The molecule has 5 nitrogen and oxygen atoms in total. The van der Waals surface area contributed by atoms with Gasteiger partial charge in [-0.05, 0) is 91.4 Å². The van der Waals surface area contributed by atoms with Gasteiger partial charge in [-0.1, -0.05) is 154 Å². The number of hydroxylamine groups is 2. The zero-order valence-corrected chi connectivity index (χ0v) is 37.4. The van der Waals surface area contributed by atoms with Crippen LogP contribution in [0.25, 0.3) is 0 Å². The maximum Gasteiger partial charge on any atom is 0.0682 e. The average Bonchev–Trinajstić information content (AvgIpc) is 3.06. The molecule has 0 saturated carbocycles. The van der Waals surface area contributed by atoms with Crippen molar-refractivity contribution in [2.45, 2.75) is 239 Å². The van der Waals surface area contributed by atoms with Gasteiger partial charge in [0.05, 0.1) is 24.9 Å². The lowest BCUT2D eigenvalue weighted by atomic mass is 9.96. The van der Waals surface area contributed by atoms with Gasteiger partial charge in [0.15, 0.2) is 0 Å². The lowest BCUT2D eigenvalue weighted by Crippen LogP contribution is -2.49. The van der Waals surface area contributed by atoms with Crippen LogP contribution in [0.5, 0.6) is 0 Å². The highest BCUT2D eigenvalue weighted by Crippen LogP contribution is 2.15. The van der Waals surface area contributed by atoms with Crippen LogP contribution in [0.2, 0.25) is 0 Å². The summed E-state index contributed by atoms with van der Waals surface area (Å²) in [7, 11) is 0. The first-order valence-corrected chi connectivity index (χ1v) is 21.2. The van der Waals surface area contributed by atoms with Crippen molar-refractivity contribution in [1.29, 1.82) is 0 Å². The van der Waals surface area contributed by atoms with Gasteiger partial charge in [-0.2, -0.15) is 11.0 Å². The first-order valence-electron chi connectivity index (χ1n) is 21.2. The molecule has 0 aliphatic rings. The molecule has 0 spiro atoms. The minimum absolute atomic E-state index is 0. The van der Waals surface area contributed by atoms with Crippen LogP contribution >= 0.6 is 34.0 Å². The Bertz CT molecular complexity index is 688. The molecule has 50 heavy (non-hydrogen) atoms. The monoisotopic (exact) mass is 839 g/mol. The Hall–Kier alpha value is 0.240. The van der Waals surface area contributed by atoms with Crippen LogP contribution < -0.4 is 11.0 Å². The Labute approximate surface area is 334 Å². The van der Waals surface area contributed by atoms with E-state index in [-0.39, 0.29) is 46.0 Å². The van der Waals surface area contributed by atoms with Crippen molar-refractivity contribution in [3.63, 3.8) is 0 Å². The van der Waals surface area contributed by atoms with Crippen LogP contribution in [0.1, 0.15) is 221 Å². The van der Waals surface area contributed by atoms with E-state index in [1.54, 1.807) is 0 Å². The van der Waals surface area contributed by atoms with Crippen LogP contribution in [-0.2, 0) is 9.68 Å². The number of rotatable bonds is 39. The first-order chi connectivity index (χ1) is 23.4. The fourth-order valence-corrected chi connectivity index (χ4v) is 6.14. The fraction of sp³-hybridized carbons (Fsp3) is 0.907. The second-order valence-corrected chi connectivity index (χ2v) is 15.2. The largest absolute Gasteiger partial charge is 0.390 e. The number of hydrogen-bond acceptors (Lipinski definition) is 5. The minimum atomic E-state index is -0.774. The summed E-state index contributed by atoms with van der Waals surface area (Å²) < 4.78 is 0. The van der Waals surface area contributed by atoms with E-state index < -0.39 is 5.60 Å². The summed E-state index contributed by atoms with van der Waals surface area (Å²) in [6.45, 7) is 11.8. The Kier molecular flexibility index (Phi) is 47.6. The van der Waals surface area contributed by atoms with Gasteiger partial charge >= 0.3 is 0 Å². The summed E-state index contributed by atoms with van der Waals surface area (Å²) >= 11 is 0. The molecule has 0 bridgehead atoms. The smallest absolute Gasteiger partial charge is 0.0682 e. The molecule has 3 N–H and O–H groups in total. The van der Waals surface area contributed by atoms with E-state index in [9.17, 15) is 5.11 Å². The van der Waals surface area contributed by atoms with E-state index in [0.717, 1.165) is 19.4 Å². The molecular formula is C43H88Br2N2O3. The van der Waals surface area contributed by atoms with Crippen LogP contribution in [-0.4, -0.2) is 36.0 Å². The number of halogens is 2. The number of hydrogen-bond donors (Lipinski definition) is 3. The summed E-state index contributed by atoms with van der Waals surface area (Å²) in [4.78, 5) is 11.7. The Balaban J connectivity index is -0.0000110. The standard InChI is InChI=1S/C43H86N2O3.2BrH/c1-6-8-10-12-14-16-18-20-22-24-26-28-30-32-34-36-38-47-44-41(3)42(40-43(4,5)46)45-48-39-37-35-33-31-29-27-25-23-21-19-17-15-13-11-9-7-2;;/h20-23,41-42,44-46H,6-19,24-40H2,1-5H3;2*1H/b22-20-,23-21-;;. The second kappa shape index (κ2) is 43.6. The Morgan fingerprint density at radius 2 is 0.780 bits per heavy atom. The predicted molar refractivity (Wildman–Crippen MR) is 232 cm³/mol. The van der Waals surface area contributed by atoms with E-state index in [0.29, 0.717) is 13.0 Å². The van der Waals surface area contributed by atoms with Gasteiger partial charge in [-0.3, -0.25) is 0 Å². The number of nitrogens with one attached hydrogen (secondary N) is 2. The van der Waals surface area contributed by atoms with Crippen LogP contribution in [0.4, 0.5) is 0 Å².